The Balaban J connectivity index is 2.03. The summed E-state index contributed by atoms with van der Waals surface area (Å²) < 4.78 is 46.7. The normalized spacial score (nSPS) is 11.7. The maximum Gasteiger partial charge on any atom is 0.417 e. The molecule has 0 fully saturated rings. The van der Waals surface area contributed by atoms with Crippen LogP contribution in [0.5, 0.6) is 11.5 Å². The number of rotatable bonds is 7. The minimum atomic E-state index is -4.64. The summed E-state index contributed by atoms with van der Waals surface area (Å²) in [4.78, 5) is 22.4. The lowest BCUT2D eigenvalue weighted by atomic mass is 10.1. The number of benzene rings is 1. The lowest BCUT2D eigenvalue weighted by Crippen LogP contribution is -2.38. The summed E-state index contributed by atoms with van der Waals surface area (Å²) in [6, 6.07) is 4.96. The van der Waals surface area contributed by atoms with E-state index in [0.29, 0.717) is 12.3 Å². The average Bonchev–Trinajstić information content (AvgIpc) is 3.21. The molecule has 0 bridgehead atoms. The van der Waals surface area contributed by atoms with E-state index < -0.39 is 23.6 Å². The highest BCUT2D eigenvalue weighted by atomic mass is 19.4. The van der Waals surface area contributed by atoms with Crippen molar-refractivity contribution < 1.29 is 22.7 Å². The topological polar surface area (TPSA) is 111 Å². The smallest absolute Gasteiger partial charge is 0.417 e. The van der Waals surface area contributed by atoms with Crippen LogP contribution >= 0.6 is 0 Å². The van der Waals surface area contributed by atoms with Crippen molar-refractivity contribution in [3.05, 3.63) is 53.5 Å². The van der Waals surface area contributed by atoms with Crippen molar-refractivity contribution in [1.82, 2.24) is 19.8 Å². The number of amides is 1. The predicted octanol–water partition coefficient (Wildman–Crippen LogP) is 4.18. The SMILES string of the molecule is CCN(CC)Cc1cncc(Oc2ccc(C(F)(F)F)c3cc(C(=O)N(C)C(=N)N)[nH]c23)c1. The zero-order valence-electron chi connectivity index (χ0n) is 18.5. The van der Waals surface area contributed by atoms with E-state index in [1.807, 2.05) is 13.8 Å². The van der Waals surface area contributed by atoms with Gasteiger partial charge in [-0.1, -0.05) is 13.8 Å². The number of nitrogens with two attached hydrogens (primary N) is 1. The van der Waals surface area contributed by atoms with Gasteiger partial charge < -0.3 is 15.5 Å². The van der Waals surface area contributed by atoms with Crippen molar-refractivity contribution in [3.63, 3.8) is 0 Å². The molecular weight excluding hydrogens is 437 g/mol. The Hall–Kier alpha value is -3.60. The number of hydrogen-bond donors (Lipinski definition) is 3. The number of pyridine rings is 1. The second kappa shape index (κ2) is 9.49. The minimum Gasteiger partial charge on any atom is -0.454 e. The molecule has 0 aliphatic rings. The molecule has 2 heterocycles. The molecule has 0 aliphatic carbocycles. The van der Waals surface area contributed by atoms with E-state index >= 15 is 0 Å². The van der Waals surface area contributed by atoms with Crippen molar-refractivity contribution in [1.29, 1.82) is 5.41 Å². The number of halogens is 3. The molecule has 3 aromatic rings. The number of nitrogens with one attached hydrogen (secondary N) is 2. The molecule has 4 N–H and O–H groups in total. The van der Waals surface area contributed by atoms with E-state index in [-0.39, 0.29) is 22.3 Å². The Morgan fingerprint density at radius 3 is 2.52 bits per heavy atom. The molecule has 0 atom stereocenters. The molecule has 0 aliphatic heterocycles. The molecule has 2 aromatic heterocycles. The first-order chi connectivity index (χ1) is 15.5. The monoisotopic (exact) mass is 462 g/mol. The Kier molecular flexibility index (Phi) is 6.92. The van der Waals surface area contributed by atoms with E-state index in [1.54, 1.807) is 12.3 Å². The summed E-state index contributed by atoms with van der Waals surface area (Å²) in [7, 11) is 1.26. The Morgan fingerprint density at radius 1 is 1.21 bits per heavy atom. The largest absolute Gasteiger partial charge is 0.454 e. The summed E-state index contributed by atoms with van der Waals surface area (Å²) >= 11 is 0. The zero-order valence-corrected chi connectivity index (χ0v) is 18.5. The van der Waals surface area contributed by atoms with E-state index in [4.69, 9.17) is 15.9 Å². The van der Waals surface area contributed by atoms with Crippen LogP contribution in [0, 0.1) is 5.41 Å². The number of hydrogen-bond acceptors (Lipinski definition) is 5. The van der Waals surface area contributed by atoms with Gasteiger partial charge in [0.1, 0.15) is 11.4 Å². The maximum atomic E-state index is 13.6. The van der Waals surface area contributed by atoms with Crippen molar-refractivity contribution in [2.75, 3.05) is 20.1 Å². The van der Waals surface area contributed by atoms with Gasteiger partial charge in [0.15, 0.2) is 11.7 Å². The summed E-state index contributed by atoms with van der Waals surface area (Å²) in [5, 5.41) is 7.17. The molecule has 176 valence electrons. The van der Waals surface area contributed by atoms with E-state index in [0.717, 1.165) is 35.7 Å². The number of alkyl halides is 3. The highest BCUT2D eigenvalue weighted by Crippen LogP contribution is 2.40. The van der Waals surface area contributed by atoms with E-state index in [2.05, 4.69) is 14.9 Å². The number of ether oxygens (including phenoxy) is 1. The Morgan fingerprint density at radius 2 is 1.91 bits per heavy atom. The number of nitrogens with zero attached hydrogens (tertiary/aromatic N) is 3. The molecule has 0 saturated heterocycles. The quantitative estimate of drug-likeness (QED) is 0.360. The summed E-state index contributed by atoms with van der Waals surface area (Å²) in [5.41, 5.74) is 5.15. The van der Waals surface area contributed by atoms with Crippen LogP contribution in [-0.2, 0) is 12.7 Å². The summed E-state index contributed by atoms with van der Waals surface area (Å²) in [5.74, 6) is -0.837. The van der Waals surface area contributed by atoms with Gasteiger partial charge in [0.2, 0.25) is 0 Å². The third-order valence-electron chi connectivity index (χ3n) is 5.26. The van der Waals surface area contributed by atoms with Crippen LogP contribution in [0.25, 0.3) is 10.9 Å². The van der Waals surface area contributed by atoms with Gasteiger partial charge in [-0.05, 0) is 42.9 Å². The number of aromatic nitrogens is 2. The third-order valence-corrected chi connectivity index (χ3v) is 5.26. The van der Waals surface area contributed by atoms with Gasteiger partial charge in [-0.25, -0.2) is 0 Å². The number of aromatic amines is 1. The summed E-state index contributed by atoms with van der Waals surface area (Å²) in [6.07, 6.45) is -1.47. The molecule has 0 saturated carbocycles. The first-order valence-electron chi connectivity index (χ1n) is 10.2. The molecule has 0 unspecified atom stereocenters. The number of H-pyrrole nitrogens is 1. The second-order valence-corrected chi connectivity index (χ2v) is 7.42. The molecule has 8 nitrogen and oxygen atoms in total. The van der Waals surface area contributed by atoms with Gasteiger partial charge >= 0.3 is 6.18 Å². The van der Waals surface area contributed by atoms with Crippen molar-refractivity contribution in [2.24, 2.45) is 5.73 Å². The molecule has 1 amide bonds. The van der Waals surface area contributed by atoms with E-state index in [1.165, 1.54) is 19.3 Å². The van der Waals surface area contributed by atoms with E-state index in [9.17, 15) is 18.0 Å². The lowest BCUT2D eigenvalue weighted by molar-refractivity contribution is -0.136. The Labute approximate surface area is 188 Å². The predicted molar refractivity (Wildman–Crippen MR) is 118 cm³/mol. The average molecular weight is 462 g/mol. The lowest BCUT2D eigenvalue weighted by Gasteiger charge is -2.18. The fourth-order valence-corrected chi connectivity index (χ4v) is 3.37. The standard InChI is InChI=1S/C22H25F3N6O2/c1-4-31(5-2)12-13-8-14(11-28-10-13)33-18-7-6-16(22(23,24)25)15-9-17(29-19(15)18)20(32)30(3)21(26)27/h6-11,29H,4-5,12H2,1-3H3,(H3,26,27). The fourth-order valence-electron chi connectivity index (χ4n) is 3.37. The van der Waals surface area contributed by atoms with Crippen LogP contribution in [0.15, 0.2) is 36.7 Å². The van der Waals surface area contributed by atoms with Crippen molar-refractivity contribution in [2.45, 2.75) is 26.6 Å². The molecule has 33 heavy (non-hydrogen) atoms. The van der Waals surface area contributed by atoms with Crippen LogP contribution < -0.4 is 10.5 Å². The minimum absolute atomic E-state index is 0.000673. The molecule has 11 heteroatoms. The van der Waals surface area contributed by atoms with Crippen LogP contribution in [0.4, 0.5) is 13.2 Å². The molecule has 1 aromatic carbocycles. The van der Waals surface area contributed by atoms with Crippen molar-refractivity contribution >= 4 is 22.8 Å². The van der Waals surface area contributed by atoms with Crippen LogP contribution in [0.1, 0.15) is 35.5 Å². The van der Waals surface area contributed by atoms with Gasteiger partial charge in [0, 0.05) is 25.2 Å². The highest BCUT2D eigenvalue weighted by molar-refractivity contribution is 6.06. The van der Waals surface area contributed by atoms with Gasteiger partial charge in [-0.2, -0.15) is 13.2 Å². The highest BCUT2D eigenvalue weighted by Gasteiger charge is 2.34. The first kappa shape index (κ1) is 24.1. The summed E-state index contributed by atoms with van der Waals surface area (Å²) in [6.45, 7) is 6.45. The van der Waals surface area contributed by atoms with Crippen molar-refractivity contribution in [3.8, 4) is 11.5 Å². The molecule has 0 radical (unpaired) electrons. The Bertz CT molecular complexity index is 1170. The first-order valence-corrected chi connectivity index (χ1v) is 10.2. The van der Waals surface area contributed by atoms with Gasteiger partial charge in [-0.3, -0.25) is 25.0 Å². The van der Waals surface area contributed by atoms with Gasteiger partial charge in [0.05, 0.1) is 17.3 Å². The van der Waals surface area contributed by atoms with Gasteiger partial charge in [0.25, 0.3) is 5.91 Å². The molecule has 0 spiro atoms. The molecular formula is C22H25F3N6O2. The number of carbonyl (C=O) groups excluding carboxylic acids is 1. The number of guanidine groups is 1. The fraction of sp³-hybridized carbons (Fsp3) is 0.318. The van der Waals surface area contributed by atoms with Crippen LogP contribution in [0.3, 0.4) is 0 Å². The second-order valence-electron chi connectivity index (χ2n) is 7.42. The van der Waals surface area contributed by atoms with Crippen LogP contribution in [-0.4, -0.2) is 51.8 Å². The maximum absolute atomic E-state index is 13.6. The third kappa shape index (κ3) is 5.25. The number of carbonyl (C=O) groups is 1. The van der Waals surface area contributed by atoms with Gasteiger partial charge in [-0.15, -0.1) is 0 Å². The van der Waals surface area contributed by atoms with Crippen LogP contribution in [0.2, 0.25) is 0 Å². The number of fused-ring (bicyclic) bond motifs is 1. The molecule has 3 rings (SSSR count). The zero-order chi connectivity index (χ0) is 24.3.